The van der Waals surface area contributed by atoms with E-state index in [1.165, 1.54) is 6.20 Å². The first-order valence-electron chi connectivity index (χ1n) is 14.9. The number of benzene rings is 2. The maximum absolute atomic E-state index is 13.7. The monoisotopic (exact) mass is 585 g/mol. The Hall–Kier alpha value is -4.44. The van der Waals surface area contributed by atoms with Gasteiger partial charge >= 0.3 is 0 Å². The summed E-state index contributed by atoms with van der Waals surface area (Å²) in [4.78, 5) is 43.2. The fraction of sp³-hybridized carbons (Fsp3) is 0.394. The Labute approximate surface area is 252 Å². The third-order valence-corrected chi connectivity index (χ3v) is 8.45. The summed E-state index contributed by atoms with van der Waals surface area (Å²) in [5.41, 5.74) is 1.28. The molecule has 0 bridgehead atoms. The highest BCUT2D eigenvalue weighted by molar-refractivity contribution is 6.00. The molecule has 2 fully saturated rings. The van der Waals surface area contributed by atoms with E-state index < -0.39 is 11.6 Å². The zero-order valence-corrected chi connectivity index (χ0v) is 24.8. The van der Waals surface area contributed by atoms with Crippen molar-refractivity contribution in [2.75, 3.05) is 26.7 Å². The maximum atomic E-state index is 13.7. The number of nitrogens with one attached hydrogen (secondary N) is 2. The molecule has 0 aliphatic carbocycles. The lowest BCUT2D eigenvalue weighted by Crippen LogP contribution is -2.73. The molecule has 1 atom stereocenters. The van der Waals surface area contributed by atoms with E-state index in [4.69, 9.17) is 4.74 Å². The van der Waals surface area contributed by atoms with Gasteiger partial charge in [0.1, 0.15) is 23.1 Å². The molecule has 2 aromatic carbocycles. The van der Waals surface area contributed by atoms with Gasteiger partial charge in [0.25, 0.3) is 5.91 Å². The number of ether oxygens (including phenoxy) is 1. The third-order valence-electron chi connectivity index (χ3n) is 8.45. The Bertz CT molecular complexity index is 1430. The van der Waals surface area contributed by atoms with Crippen molar-refractivity contribution in [1.29, 1.82) is 0 Å². The Balaban J connectivity index is 1.20. The number of carbonyl (C=O) groups is 3. The number of aromatic nitrogens is 1. The normalized spacial score (nSPS) is 18.4. The second-order valence-electron chi connectivity index (χ2n) is 11.2. The minimum atomic E-state index is -0.867. The van der Waals surface area contributed by atoms with Gasteiger partial charge in [-0.15, -0.1) is 0 Å². The number of piperazine rings is 1. The SMILES string of the molecule is CCCCN1C(=O)[C@H](Cc2cccc[n+]2[O-])NC(=O)C12CCN(Cc1ccc(Oc3ccc(C(=O)NC)cc3)cc1)CC2. The smallest absolute Gasteiger partial charge is 0.251 e. The first-order valence-corrected chi connectivity index (χ1v) is 14.9. The fourth-order valence-corrected chi connectivity index (χ4v) is 5.94. The molecule has 2 N–H and O–H groups in total. The molecule has 1 spiro atoms. The van der Waals surface area contributed by atoms with Crippen molar-refractivity contribution in [3.8, 4) is 11.5 Å². The van der Waals surface area contributed by atoms with Crippen LogP contribution in [0, 0.1) is 5.21 Å². The van der Waals surface area contributed by atoms with Crippen LogP contribution < -0.4 is 20.1 Å². The largest absolute Gasteiger partial charge is 0.619 e. The number of unbranched alkanes of at least 4 members (excludes halogenated alkanes) is 1. The number of hydrogen-bond acceptors (Lipinski definition) is 6. The van der Waals surface area contributed by atoms with Crippen molar-refractivity contribution in [1.82, 2.24) is 20.4 Å². The third kappa shape index (κ3) is 6.64. The van der Waals surface area contributed by atoms with Gasteiger partial charge in [0.15, 0.2) is 11.9 Å². The van der Waals surface area contributed by atoms with Gasteiger partial charge in [0.05, 0.1) is 6.42 Å². The van der Waals surface area contributed by atoms with Crippen molar-refractivity contribution in [3.05, 3.63) is 95.0 Å². The van der Waals surface area contributed by atoms with E-state index in [0.717, 1.165) is 29.7 Å². The summed E-state index contributed by atoms with van der Waals surface area (Å²) in [5.74, 6) is 0.975. The molecule has 2 saturated heterocycles. The number of rotatable bonds is 10. The molecular weight excluding hydrogens is 546 g/mol. The van der Waals surface area contributed by atoms with Gasteiger partial charge < -0.3 is 25.5 Å². The molecule has 0 saturated carbocycles. The maximum Gasteiger partial charge on any atom is 0.251 e. The summed E-state index contributed by atoms with van der Waals surface area (Å²) in [5, 5.41) is 17.8. The Morgan fingerprint density at radius 3 is 2.35 bits per heavy atom. The second-order valence-corrected chi connectivity index (χ2v) is 11.2. The highest BCUT2D eigenvalue weighted by atomic mass is 16.5. The number of pyridine rings is 1. The van der Waals surface area contributed by atoms with Crippen LogP contribution in [0.15, 0.2) is 72.9 Å². The molecule has 1 aromatic heterocycles. The molecule has 10 nitrogen and oxygen atoms in total. The molecule has 2 aliphatic heterocycles. The van der Waals surface area contributed by atoms with Crippen molar-refractivity contribution < 1.29 is 23.9 Å². The Kier molecular flexibility index (Phi) is 9.25. The number of amides is 3. The van der Waals surface area contributed by atoms with Crippen LogP contribution in [-0.2, 0) is 22.6 Å². The average molecular weight is 586 g/mol. The zero-order chi connectivity index (χ0) is 30.4. The van der Waals surface area contributed by atoms with Gasteiger partial charge in [0.2, 0.25) is 11.8 Å². The highest BCUT2D eigenvalue weighted by Crippen LogP contribution is 2.34. The first-order chi connectivity index (χ1) is 20.8. The number of hydrogen-bond donors (Lipinski definition) is 2. The molecule has 10 heteroatoms. The highest BCUT2D eigenvalue weighted by Gasteiger charge is 2.53. The van der Waals surface area contributed by atoms with Crippen LogP contribution in [0.5, 0.6) is 11.5 Å². The molecule has 0 radical (unpaired) electrons. The van der Waals surface area contributed by atoms with Crippen LogP contribution >= 0.6 is 0 Å². The predicted molar refractivity (Wildman–Crippen MR) is 161 cm³/mol. The molecule has 2 aliphatic rings. The topological polar surface area (TPSA) is 118 Å². The molecule has 3 aromatic rings. The van der Waals surface area contributed by atoms with E-state index >= 15 is 0 Å². The minimum Gasteiger partial charge on any atom is -0.619 e. The quantitative estimate of drug-likeness (QED) is 0.279. The van der Waals surface area contributed by atoms with Gasteiger partial charge in [-0.1, -0.05) is 31.5 Å². The fourth-order valence-electron chi connectivity index (χ4n) is 5.94. The Morgan fingerprint density at radius 1 is 1.05 bits per heavy atom. The molecule has 43 heavy (non-hydrogen) atoms. The second kappa shape index (κ2) is 13.2. The summed E-state index contributed by atoms with van der Waals surface area (Å²) >= 11 is 0. The molecule has 226 valence electrons. The molecule has 5 rings (SSSR count). The lowest BCUT2D eigenvalue weighted by molar-refractivity contribution is -0.614. The van der Waals surface area contributed by atoms with E-state index in [0.29, 0.717) is 55.2 Å². The van der Waals surface area contributed by atoms with Crippen LogP contribution in [0.1, 0.15) is 54.2 Å². The predicted octanol–water partition coefficient (Wildman–Crippen LogP) is 3.18. The Morgan fingerprint density at radius 2 is 1.72 bits per heavy atom. The van der Waals surface area contributed by atoms with Crippen molar-refractivity contribution >= 4 is 17.7 Å². The number of piperidine rings is 1. The standard InChI is InChI=1S/C33H39N5O5/c1-3-4-18-37-31(40)29(22-26-7-5-6-19-38(26)42)35-32(41)33(37)16-20-36(21-17-33)23-24-8-12-27(13-9-24)43-28-14-10-25(11-15-28)30(39)34-2/h5-15,19,29H,3-4,16-18,20-23H2,1-2H3,(H,34,39)(H,35,41)/t29-/m0/s1. The zero-order valence-electron chi connectivity index (χ0n) is 24.8. The van der Waals surface area contributed by atoms with Crippen LogP contribution in [0.3, 0.4) is 0 Å². The number of carbonyl (C=O) groups excluding carboxylic acids is 3. The lowest BCUT2D eigenvalue weighted by Gasteiger charge is -2.51. The van der Waals surface area contributed by atoms with E-state index in [1.54, 1.807) is 49.5 Å². The summed E-state index contributed by atoms with van der Waals surface area (Å²) < 4.78 is 6.69. The van der Waals surface area contributed by atoms with Gasteiger partial charge in [0, 0.05) is 50.9 Å². The van der Waals surface area contributed by atoms with E-state index in [1.807, 2.05) is 29.2 Å². The molecule has 3 amide bonds. The van der Waals surface area contributed by atoms with Gasteiger partial charge in [-0.3, -0.25) is 19.3 Å². The van der Waals surface area contributed by atoms with Crippen molar-refractivity contribution in [3.63, 3.8) is 0 Å². The van der Waals surface area contributed by atoms with E-state index in [9.17, 15) is 19.6 Å². The summed E-state index contributed by atoms with van der Waals surface area (Å²) in [6, 6.07) is 19.2. The summed E-state index contributed by atoms with van der Waals surface area (Å²) in [7, 11) is 1.60. The molecular formula is C33H39N5O5. The van der Waals surface area contributed by atoms with Crippen LogP contribution in [0.2, 0.25) is 0 Å². The van der Waals surface area contributed by atoms with Gasteiger partial charge in [-0.05, 0) is 61.2 Å². The van der Waals surface area contributed by atoms with E-state index in [2.05, 4.69) is 22.5 Å². The summed E-state index contributed by atoms with van der Waals surface area (Å²) in [6.45, 7) is 4.69. The summed E-state index contributed by atoms with van der Waals surface area (Å²) in [6.07, 6.45) is 4.42. The first kappa shape index (κ1) is 30.0. The van der Waals surface area contributed by atoms with Crippen LogP contribution in [-0.4, -0.2) is 65.8 Å². The molecule has 3 heterocycles. The van der Waals surface area contributed by atoms with Crippen LogP contribution in [0.4, 0.5) is 0 Å². The number of likely N-dealkylation sites (tertiary alicyclic amines) is 1. The van der Waals surface area contributed by atoms with Gasteiger partial charge in [-0.25, -0.2) is 0 Å². The minimum absolute atomic E-state index is 0.107. The van der Waals surface area contributed by atoms with E-state index in [-0.39, 0.29) is 24.1 Å². The molecule has 0 unspecified atom stereocenters. The van der Waals surface area contributed by atoms with Gasteiger partial charge in [-0.2, -0.15) is 4.73 Å². The van der Waals surface area contributed by atoms with Crippen molar-refractivity contribution in [2.24, 2.45) is 0 Å². The average Bonchev–Trinajstić information content (AvgIpc) is 3.03. The number of nitrogens with zero attached hydrogens (tertiary/aromatic N) is 3. The van der Waals surface area contributed by atoms with Crippen LogP contribution in [0.25, 0.3) is 0 Å². The lowest BCUT2D eigenvalue weighted by atomic mass is 9.81. The van der Waals surface area contributed by atoms with Crippen molar-refractivity contribution in [2.45, 2.75) is 57.2 Å².